The maximum Gasteiger partial charge on any atom is 0.267 e. The number of anilines is 2. The number of likely N-dealkylation sites (N-methyl/N-ethyl adjacent to an activating group) is 1. The van der Waals surface area contributed by atoms with E-state index in [-0.39, 0.29) is 24.9 Å². The number of aliphatic hydroxyl groups is 1. The smallest absolute Gasteiger partial charge is 0.267 e. The van der Waals surface area contributed by atoms with Gasteiger partial charge >= 0.3 is 0 Å². The molecule has 0 bridgehead atoms. The van der Waals surface area contributed by atoms with Crippen molar-refractivity contribution in [3.63, 3.8) is 0 Å². The van der Waals surface area contributed by atoms with Gasteiger partial charge in [-0.3, -0.25) is 4.79 Å². The van der Waals surface area contributed by atoms with Gasteiger partial charge in [0, 0.05) is 27.2 Å². The Morgan fingerprint density at radius 2 is 2.18 bits per heavy atom. The van der Waals surface area contributed by atoms with Crippen molar-refractivity contribution in [3.8, 4) is 0 Å². The molecule has 0 aliphatic rings. The monoisotopic (exact) mass is 258 g/mol. The first kappa shape index (κ1) is 13.7. The van der Waals surface area contributed by atoms with Crippen molar-refractivity contribution in [2.45, 2.75) is 6.92 Å². The van der Waals surface area contributed by atoms with Crippen molar-refractivity contribution in [2.75, 3.05) is 44.4 Å². The minimum Gasteiger partial charge on any atom is -0.395 e. The molecule has 0 radical (unpaired) electrons. The molecular formula is C10H18N4O2S. The second-order valence-electron chi connectivity index (χ2n) is 3.68. The van der Waals surface area contributed by atoms with Crippen LogP contribution < -0.4 is 10.6 Å². The molecule has 0 atom stereocenters. The van der Waals surface area contributed by atoms with Gasteiger partial charge in [-0.05, 0) is 6.92 Å². The quantitative estimate of drug-likeness (QED) is 0.791. The number of aromatic nitrogens is 1. The highest BCUT2D eigenvalue weighted by atomic mass is 32.1. The first-order valence-electron chi connectivity index (χ1n) is 5.35. The van der Waals surface area contributed by atoms with Crippen LogP contribution in [0.4, 0.5) is 10.9 Å². The Balaban J connectivity index is 2.91. The number of amides is 1. The van der Waals surface area contributed by atoms with Crippen LogP contribution in [0.25, 0.3) is 0 Å². The lowest BCUT2D eigenvalue weighted by Crippen LogP contribution is -2.29. The Kier molecular flexibility index (Phi) is 4.71. The molecule has 0 aromatic carbocycles. The summed E-state index contributed by atoms with van der Waals surface area (Å²) >= 11 is 1.27. The second kappa shape index (κ2) is 5.83. The first-order valence-corrected chi connectivity index (χ1v) is 6.16. The van der Waals surface area contributed by atoms with Gasteiger partial charge < -0.3 is 20.6 Å². The molecule has 0 saturated carbocycles. The predicted octanol–water partition coefficient (Wildman–Crippen LogP) is 0.246. The van der Waals surface area contributed by atoms with Crippen molar-refractivity contribution in [3.05, 3.63) is 4.88 Å². The molecule has 0 aliphatic carbocycles. The lowest BCUT2D eigenvalue weighted by Gasteiger charge is -2.14. The van der Waals surface area contributed by atoms with E-state index in [9.17, 15) is 4.79 Å². The van der Waals surface area contributed by atoms with E-state index in [0.717, 1.165) is 11.7 Å². The third kappa shape index (κ3) is 3.07. The summed E-state index contributed by atoms with van der Waals surface area (Å²) in [7, 11) is 3.52. The van der Waals surface area contributed by atoms with Crippen molar-refractivity contribution < 1.29 is 9.90 Å². The summed E-state index contributed by atoms with van der Waals surface area (Å²) in [6, 6.07) is 0. The molecule has 1 rings (SSSR count). The highest BCUT2D eigenvalue weighted by Crippen LogP contribution is 2.28. The van der Waals surface area contributed by atoms with Gasteiger partial charge in [0.2, 0.25) is 0 Å². The normalized spacial score (nSPS) is 10.4. The van der Waals surface area contributed by atoms with Crippen LogP contribution >= 0.6 is 11.3 Å². The number of thiazole rings is 1. The summed E-state index contributed by atoms with van der Waals surface area (Å²) in [6.45, 7) is 3.02. The molecular weight excluding hydrogens is 240 g/mol. The Hall–Kier alpha value is -1.34. The number of nitrogens with two attached hydrogens (primary N) is 1. The van der Waals surface area contributed by atoms with Gasteiger partial charge in [0.15, 0.2) is 5.13 Å². The summed E-state index contributed by atoms with van der Waals surface area (Å²) in [5.74, 6) is 0.0462. The van der Waals surface area contributed by atoms with E-state index in [4.69, 9.17) is 10.8 Å². The van der Waals surface area contributed by atoms with Gasteiger partial charge in [0.25, 0.3) is 5.91 Å². The van der Waals surface area contributed by atoms with Crippen LogP contribution in [0.2, 0.25) is 0 Å². The number of nitrogen functional groups attached to an aromatic ring is 1. The van der Waals surface area contributed by atoms with Crippen LogP contribution in [-0.2, 0) is 0 Å². The number of carbonyl (C=O) groups excluding carboxylic acids is 1. The van der Waals surface area contributed by atoms with Crippen LogP contribution in [0.3, 0.4) is 0 Å². The molecule has 3 N–H and O–H groups in total. The summed E-state index contributed by atoms with van der Waals surface area (Å²) < 4.78 is 0. The van der Waals surface area contributed by atoms with Gasteiger partial charge in [-0.15, -0.1) is 0 Å². The Labute approximate surface area is 105 Å². The standard InChI is InChI=1S/C10H18N4O2S/c1-4-13(2)10-12-8(11)7(17-10)9(16)14(3)5-6-15/h15H,4-6,11H2,1-3H3. The second-order valence-corrected chi connectivity index (χ2v) is 4.65. The Morgan fingerprint density at radius 3 is 2.71 bits per heavy atom. The van der Waals surface area contributed by atoms with E-state index in [1.807, 2.05) is 18.9 Å². The average Bonchev–Trinajstić information content (AvgIpc) is 2.69. The summed E-state index contributed by atoms with van der Waals surface area (Å²) in [5, 5.41) is 9.52. The third-order valence-electron chi connectivity index (χ3n) is 2.42. The first-order chi connectivity index (χ1) is 8.01. The van der Waals surface area contributed by atoms with Crippen LogP contribution in [0.1, 0.15) is 16.6 Å². The molecule has 0 saturated heterocycles. The molecule has 17 heavy (non-hydrogen) atoms. The van der Waals surface area contributed by atoms with Crippen molar-refractivity contribution in [1.29, 1.82) is 0 Å². The van der Waals surface area contributed by atoms with Crippen LogP contribution in [0.5, 0.6) is 0 Å². The summed E-state index contributed by atoms with van der Waals surface area (Å²) in [5.41, 5.74) is 5.73. The number of rotatable bonds is 5. The van der Waals surface area contributed by atoms with Crippen molar-refractivity contribution in [1.82, 2.24) is 9.88 Å². The van der Waals surface area contributed by atoms with Gasteiger partial charge in [-0.2, -0.15) is 0 Å². The van der Waals surface area contributed by atoms with E-state index >= 15 is 0 Å². The molecule has 7 heteroatoms. The molecule has 0 spiro atoms. The largest absolute Gasteiger partial charge is 0.395 e. The maximum absolute atomic E-state index is 12.0. The van der Waals surface area contributed by atoms with Crippen LogP contribution in [0.15, 0.2) is 0 Å². The van der Waals surface area contributed by atoms with Gasteiger partial charge in [0.05, 0.1) is 6.61 Å². The Morgan fingerprint density at radius 1 is 1.53 bits per heavy atom. The fraction of sp³-hybridized carbons (Fsp3) is 0.600. The lowest BCUT2D eigenvalue weighted by atomic mass is 10.4. The number of hydrogen-bond acceptors (Lipinski definition) is 6. The van der Waals surface area contributed by atoms with E-state index < -0.39 is 0 Å². The minimum atomic E-state index is -0.204. The van der Waals surface area contributed by atoms with E-state index in [0.29, 0.717) is 4.88 Å². The van der Waals surface area contributed by atoms with Gasteiger partial charge in [0.1, 0.15) is 10.7 Å². The van der Waals surface area contributed by atoms with E-state index in [1.54, 1.807) is 7.05 Å². The fourth-order valence-corrected chi connectivity index (χ4v) is 2.20. The molecule has 1 aromatic rings. The molecule has 0 fully saturated rings. The molecule has 1 heterocycles. The molecule has 0 aliphatic heterocycles. The zero-order valence-corrected chi connectivity index (χ0v) is 11.1. The molecule has 1 aromatic heterocycles. The number of hydrogen-bond donors (Lipinski definition) is 2. The highest BCUT2D eigenvalue weighted by Gasteiger charge is 2.20. The number of nitrogens with zero attached hydrogens (tertiary/aromatic N) is 3. The zero-order valence-electron chi connectivity index (χ0n) is 10.3. The Bertz CT molecular complexity index is 394. The average molecular weight is 258 g/mol. The van der Waals surface area contributed by atoms with E-state index in [1.165, 1.54) is 16.2 Å². The summed E-state index contributed by atoms with van der Waals surface area (Å²) in [6.07, 6.45) is 0. The SMILES string of the molecule is CCN(C)c1nc(N)c(C(=O)N(C)CCO)s1. The molecule has 1 amide bonds. The fourth-order valence-electron chi connectivity index (χ4n) is 1.20. The minimum absolute atomic E-state index is 0.0668. The zero-order chi connectivity index (χ0) is 13.0. The summed E-state index contributed by atoms with van der Waals surface area (Å²) in [4.78, 5) is 19.9. The van der Waals surface area contributed by atoms with Crippen molar-refractivity contribution >= 4 is 28.2 Å². The van der Waals surface area contributed by atoms with Crippen LogP contribution in [0, 0.1) is 0 Å². The van der Waals surface area contributed by atoms with Crippen molar-refractivity contribution in [2.24, 2.45) is 0 Å². The van der Waals surface area contributed by atoms with Crippen LogP contribution in [-0.4, -0.2) is 54.7 Å². The molecule has 96 valence electrons. The van der Waals surface area contributed by atoms with Gasteiger partial charge in [-0.25, -0.2) is 4.98 Å². The van der Waals surface area contributed by atoms with E-state index in [2.05, 4.69) is 4.98 Å². The predicted molar refractivity (Wildman–Crippen MR) is 69.5 cm³/mol. The number of carbonyl (C=O) groups is 1. The molecule has 6 nitrogen and oxygen atoms in total. The third-order valence-corrected chi connectivity index (χ3v) is 3.59. The maximum atomic E-state index is 12.0. The highest BCUT2D eigenvalue weighted by molar-refractivity contribution is 7.18. The topological polar surface area (TPSA) is 82.7 Å². The number of aliphatic hydroxyl groups excluding tert-OH is 1. The lowest BCUT2D eigenvalue weighted by molar-refractivity contribution is 0.0772. The molecule has 0 unspecified atom stereocenters. The van der Waals surface area contributed by atoms with Gasteiger partial charge in [-0.1, -0.05) is 11.3 Å².